The third-order valence-corrected chi connectivity index (χ3v) is 3.30. The normalized spacial score (nSPS) is 12.9. The molecule has 0 spiro atoms. The largest absolute Gasteiger partial charge is 0.103 e. The van der Waals surface area contributed by atoms with E-state index in [4.69, 9.17) is 0 Å². The van der Waals surface area contributed by atoms with Gasteiger partial charge in [-0.2, -0.15) is 0 Å². The first kappa shape index (κ1) is 7.96. The van der Waals surface area contributed by atoms with Gasteiger partial charge in [0.25, 0.3) is 0 Å². The van der Waals surface area contributed by atoms with Crippen molar-refractivity contribution < 1.29 is 0 Å². The van der Waals surface area contributed by atoms with Gasteiger partial charge in [-0.05, 0) is 11.1 Å². The SMILES string of the molecule is C=CC[SiH2]C(C)(C)C. The van der Waals surface area contributed by atoms with Gasteiger partial charge in [-0.1, -0.05) is 26.8 Å². The van der Waals surface area contributed by atoms with Crippen molar-refractivity contribution in [1.29, 1.82) is 0 Å². The van der Waals surface area contributed by atoms with Crippen molar-refractivity contribution in [2.24, 2.45) is 0 Å². The first-order valence-corrected chi connectivity index (χ1v) is 4.88. The third kappa shape index (κ3) is 5.96. The molecule has 0 aliphatic heterocycles. The molecule has 0 saturated carbocycles. The Labute approximate surface area is 54.8 Å². The fourth-order valence-electron chi connectivity index (χ4n) is 0.535. The first-order chi connectivity index (χ1) is 3.56. The van der Waals surface area contributed by atoms with Gasteiger partial charge >= 0.3 is 0 Å². The second-order valence-corrected chi connectivity index (χ2v) is 6.59. The number of rotatable bonds is 2. The standard InChI is InChI=1S/C7H16Si/c1-5-6-8-7(2,3)4/h5H,1,6,8H2,2-4H3. The molecule has 0 aromatic heterocycles. The predicted octanol–water partition coefficient (Wildman–Crippen LogP) is 1.98. The molecule has 0 unspecified atom stereocenters. The van der Waals surface area contributed by atoms with Crippen molar-refractivity contribution in [3.8, 4) is 0 Å². The minimum Gasteiger partial charge on any atom is -0.103 e. The highest BCUT2D eigenvalue weighted by Crippen LogP contribution is 2.21. The summed E-state index contributed by atoms with van der Waals surface area (Å²) in [7, 11) is 0.132. The topological polar surface area (TPSA) is 0 Å². The van der Waals surface area contributed by atoms with Gasteiger partial charge in [0.2, 0.25) is 0 Å². The van der Waals surface area contributed by atoms with Crippen LogP contribution in [-0.2, 0) is 0 Å². The van der Waals surface area contributed by atoms with Crippen LogP contribution in [0.3, 0.4) is 0 Å². The van der Waals surface area contributed by atoms with E-state index in [-0.39, 0.29) is 9.52 Å². The molecule has 0 bridgehead atoms. The maximum atomic E-state index is 3.70. The van der Waals surface area contributed by atoms with Crippen molar-refractivity contribution in [1.82, 2.24) is 0 Å². The van der Waals surface area contributed by atoms with Gasteiger partial charge in [-0.25, -0.2) is 0 Å². The zero-order valence-corrected chi connectivity index (χ0v) is 7.61. The van der Waals surface area contributed by atoms with Crippen LogP contribution in [0.4, 0.5) is 0 Å². The van der Waals surface area contributed by atoms with Crippen molar-refractivity contribution in [2.45, 2.75) is 31.9 Å². The zero-order chi connectivity index (χ0) is 6.62. The number of hydrogen-bond donors (Lipinski definition) is 0. The highest BCUT2D eigenvalue weighted by Gasteiger charge is 2.07. The Morgan fingerprint density at radius 3 is 2.12 bits per heavy atom. The molecule has 0 aliphatic carbocycles. The number of hydrogen-bond acceptors (Lipinski definition) is 0. The molecule has 0 saturated heterocycles. The molecule has 0 amide bonds. The first-order valence-electron chi connectivity index (χ1n) is 3.17. The average Bonchev–Trinajstić information content (AvgIpc) is 1.59. The smallest absolute Gasteiger partial charge is 0.0300 e. The monoisotopic (exact) mass is 128 g/mol. The minimum atomic E-state index is 0.132. The van der Waals surface area contributed by atoms with Crippen molar-refractivity contribution >= 4 is 9.52 Å². The Bertz CT molecular complexity index is 68.9. The van der Waals surface area contributed by atoms with Crippen molar-refractivity contribution in [2.75, 3.05) is 0 Å². The van der Waals surface area contributed by atoms with E-state index in [9.17, 15) is 0 Å². The summed E-state index contributed by atoms with van der Waals surface area (Å²) in [4.78, 5) is 0. The third-order valence-electron chi connectivity index (χ3n) is 1.10. The van der Waals surface area contributed by atoms with E-state index >= 15 is 0 Å². The fourth-order valence-corrected chi connectivity index (χ4v) is 1.61. The molecule has 0 N–H and O–H groups in total. The van der Waals surface area contributed by atoms with Gasteiger partial charge < -0.3 is 0 Å². The van der Waals surface area contributed by atoms with Gasteiger partial charge in [0.1, 0.15) is 0 Å². The molecule has 48 valence electrons. The van der Waals surface area contributed by atoms with E-state index in [0.29, 0.717) is 5.04 Å². The lowest BCUT2D eigenvalue weighted by Crippen LogP contribution is -2.05. The molecule has 0 heterocycles. The number of allylic oxidation sites excluding steroid dienone is 1. The van der Waals surface area contributed by atoms with Crippen LogP contribution in [0.25, 0.3) is 0 Å². The molecule has 0 nitrogen and oxygen atoms in total. The average molecular weight is 128 g/mol. The fraction of sp³-hybridized carbons (Fsp3) is 0.714. The van der Waals surface area contributed by atoms with Crippen LogP contribution in [0.15, 0.2) is 12.7 Å². The molecule has 0 radical (unpaired) electrons. The lowest BCUT2D eigenvalue weighted by Gasteiger charge is -2.14. The molecule has 8 heavy (non-hydrogen) atoms. The quantitative estimate of drug-likeness (QED) is 0.394. The second-order valence-electron chi connectivity index (χ2n) is 3.39. The molecular formula is C7H16Si. The van der Waals surface area contributed by atoms with E-state index in [1.807, 2.05) is 6.08 Å². The Hall–Kier alpha value is -0.0431. The molecule has 0 aromatic rings. The molecule has 0 atom stereocenters. The maximum absolute atomic E-state index is 3.70. The predicted molar refractivity (Wildman–Crippen MR) is 43.3 cm³/mol. The molecule has 1 heteroatoms. The van der Waals surface area contributed by atoms with Gasteiger partial charge in [0.15, 0.2) is 0 Å². The Balaban J connectivity index is 3.24. The van der Waals surface area contributed by atoms with Gasteiger partial charge in [0, 0.05) is 9.52 Å². The minimum absolute atomic E-state index is 0.132. The lowest BCUT2D eigenvalue weighted by atomic mass is 10.3. The molecule has 0 aromatic carbocycles. The van der Waals surface area contributed by atoms with Crippen LogP contribution in [0, 0.1) is 0 Å². The Kier molecular flexibility index (Phi) is 3.06. The second kappa shape index (κ2) is 3.08. The summed E-state index contributed by atoms with van der Waals surface area (Å²) in [5.41, 5.74) is 0. The summed E-state index contributed by atoms with van der Waals surface area (Å²) in [5, 5.41) is 0.619. The summed E-state index contributed by atoms with van der Waals surface area (Å²) >= 11 is 0. The van der Waals surface area contributed by atoms with Crippen LogP contribution in [0.5, 0.6) is 0 Å². The van der Waals surface area contributed by atoms with Crippen LogP contribution >= 0.6 is 0 Å². The highest BCUT2D eigenvalue weighted by atomic mass is 28.2. The van der Waals surface area contributed by atoms with Crippen molar-refractivity contribution in [3.63, 3.8) is 0 Å². The summed E-state index contributed by atoms with van der Waals surface area (Å²) in [6, 6.07) is 1.28. The molecule has 0 aliphatic rings. The molecule has 0 rings (SSSR count). The Morgan fingerprint density at radius 2 is 2.00 bits per heavy atom. The lowest BCUT2D eigenvalue weighted by molar-refractivity contribution is 0.752. The van der Waals surface area contributed by atoms with E-state index < -0.39 is 0 Å². The summed E-state index contributed by atoms with van der Waals surface area (Å²) < 4.78 is 0. The van der Waals surface area contributed by atoms with Crippen molar-refractivity contribution in [3.05, 3.63) is 12.7 Å². The van der Waals surface area contributed by atoms with Crippen LogP contribution in [-0.4, -0.2) is 9.52 Å². The van der Waals surface area contributed by atoms with E-state index in [0.717, 1.165) is 0 Å². The van der Waals surface area contributed by atoms with Crippen LogP contribution < -0.4 is 0 Å². The van der Waals surface area contributed by atoms with E-state index in [1.54, 1.807) is 0 Å². The van der Waals surface area contributed by atoms with Gasteiger partial charge in [0.05, 0.1) is 0 Å². The molecular weight excluding hydrogens is 112 g/mol. The summed E-state index contributed by atoms with van der Waals surface area (Å²) in [6.45, 7) is 10.6. The Morgan fingerprint density at radius 1 is 1.50 bits per heavy atom. The van der Waals surface area contributed by atoms with E-state index in [1.165, 1.54) is 6.04 Å². The highest BCUT2D eigenvalue weighted by molar-refractivity contribution is 6.40. The van der Waals surface area contributed by atoms with Crippen LogP contribution in [0.1, 0.15) is 20.8 Å². The van der Waals surface area contributed by atoms with Gasteiger partial charge in [-0.15, -0.1) is 6.58 Å². The molecule has 0 fully saturated rings. The van der Waals surface area contributed by atoms with Crippen LogP contribution in [0.2, 0.25) is 11.1 Å². The summed E-state index contributed by atoms with van der Waals surface area (Å²) in [5.74, 6) is 0. The van der Waals surface area contributed by atoms with Gasteiger partial charge in [-0.3, -0.25) is 0 Å². The van der Waals surface area contributed by atoms with E-state index in [2.05, 4.69) is 27.4 Å². The maximum Gasteiger partial charge on any atom is 0.0300 e. The zero-order valence-electron chi connectivity index (χ0n) is 6.20. The summed E-state index contributed by atoms with van der Waals surface area (Å²) in [6.07, 6.45) is 2.04.